The standard InChI is InChI=1S/C13H23NO/c1-10-9-12(10)13(15)14-11-7-5-3-2-4-6-8-11/h10-12H,2-9H2,1H3,(H,14,15)/t10-,12-/m0/s1. The van der Waals surface area contributed by atoms with E-state index in [4.69, 9.17) is 0 Å². The monoisotopic (exact) mass is 209 g/mol. The van der Waals surface area contributed by atoms with Gasteiger partial charge in [0.25, 0.3) is 0 Å². The molecule has 2 atom stereocenters. The van der Waals surface area contributed by atoms with Gasteiger partial charge in [0.05, 0.1) is 0 Å². The van der Waals surface area contributed by atoms with E-state index in [2.05, 4.69) is 12.2 Å². The van der Waals surface area contributed by atoms with Crippen molar-refractivity contribution in [2.45, 2.75) is 64.3 Å². The molecule has 0 saturated heterocycles. The predicted molar refractivity (Wildman–Crippen MR) is 61.5 cm³/mol. The van der Waals surface area contributed by atoms with Gasteiger partial charge < -0.3 is 5.32 Å². The van der Waals surface area contributed by atoms with Crippen LogP contribution in [0.2, 0.25) is 0 Å². The maximum absolute atomic E-state index is 11.8. The molecule has 0 spiro atoms. The second-order valence-corrected chi connectivity index (χ2v) is 5.37. The number of carbonyl (C=O) groups is 1. The maximum atomic E-state index is 11.8. The van der Waals surface area contributed by atoms with Gasteiger partial charge in [-0.3, -0.25) is 4.79 Å². The highest BCUT2D eigenvalue weighted by atomic mass is 16.2. The Balaban J connectivity index is 1.74. The Morgan fingerprint density at radius 2 is 1.60 bits per heavy atom. The van der Waals surface area contributed by atoms with Crippen LogP contribution in [0.3, 0.4) is 0 Å². The highest BCUT2D eigenvalue weighted by Gasteiger charge is 2.39. The molecule has 2 heteroatoms. The molecule has 0 radical (unpaired) electrons. The van der Waals surface area contributed by atoms with Crippen LogP contribution in [0.5, 0.6) is 0 Å². The highest BCUT2D eigenvalue weighted by molar-refractivity contribution is 5.81. The maximum Gasteiger partial charge on any atom is 0.223 e. The zero-order valence-corrected chi connectivity index (χ0v) is 9.80. The van der Waals surface area contributed by atoms with Gasteiger partial charge >= 0.3 is 0 Å². The Kier molecular flexibility index (Phi) is 3.66. The summed E-state index contributed by atoms with van der Waals surface area (Å²) < 4.78 is 0. The van der Waals surface area contributed by atoms with Crippen molar-refractivity contribution in [2.75, 3.05) is 0 Å². The molecule has 0 aromatic rings. The Morgan fingerprint density at radius 1 is 1.07 bits per heavy atom. The summed E-state index contributed by atoms with van der Waals surface area (Å²) in [6.45, 7) is 2.17. The van der Waals surface area contributed by atoms with Crippen molar-refractivity contribution >= 4 is 5.91 Å². The van der Waals surface area contributed by atoms with Crippen molar-refractivity contribution in [3.8, 4) is 0 Å². The second kappa shape index (κ2) is 5.00. The van der Waals surface area contributed by atoms with E-state index in [-0.39, 0.29) is 0 Å². The highest BCUT2D eigenvalue weighted by Crippen LogP contribution is 2.37. The van der Waals surface area contributed by atoms with E-state index in [1.807, 2.05) is 0 Å². The van der Waals surface area contributed by atoms with Crippen LogP contribution in [0, 0.1) is 11.8 Å². The Morgan fingerprint density at radius 3 is 2.13 bits per heavy atom. The van der Waals surface area contributed by atoms with Gasteiger partial charge in [-0.1, -0.05) is 39.0 Å². The molecule has 0 aromatic heterocycles. The number of hydrogen-bond acceptors (Lipinski definition) is 1. The van der Waals surface area contributed by atoms with Crippen LogP contribution in [0.15, 0.2) is 0 Å². The average molecular weight is 209 g/mol. The lowest BCUT2D eigenvalue weighted by Crippen LogP contribution is -2.36. The molecule has 2 aliphatic carbocycles. The molecule has 0 bridgehead atoms. The van der Waals surface area contributed by atoms with Crippen LogP contribution in [-0.2, 0) is 4.79 Å². The van der Waals surface area contributed by atoms with E-state index in [1.54, 1.807) is 0 Å². The predicted octanol–water partition coefficient (Wildman–Crippen LogP) is 2.87. The van der Waals surface area contributed by atoms with Crippen LogP contribution in [0.4, 0.5) is 0 Å². The number of hydrogen-bond donors (Lipinski definition) is 1. The van der Waals surface area contributed by atoms with E-state index in [1.165, 1.54) is 44.9 Å². The first-order valence-corrected chi connectivity index (χ1v) is 6.58. The van der Waals surface area contributed by atoms with E-state index in [0.29, 0.717) is 23.8 Å². The number of nitrogens with one attached hydrogen (secondary N) is 1. The summed E-state index contributed by atoms with van der Waals surface area (Å²) in [5.41, 5.74) is 0. The molecule has 86 valence electrons. The second-order valence-electron chi connectivity index (χ2n) is 5.37. The number of rotatable bonds is 2. The Labute approximate surface area is 92.8 Å². The molecule has 0 unspecified atom stereocenters. The molecular weight excluding hydrogens is 186 g/mol. The number of amides is 1. The summed E-state index contributed by atoms with van der Waals surface area (Å²) in [4.78, 5) is 11.8. The van der Waals surface area contributed by atoms with Crippen molar-refractivity contribution in [3.63, 3.8) is 0 Å². The first kappa shape index (κ1) is 11.0. The normalized spacial score (nSPS) is 32.9. The van der Waals surface area contributed by atoms with Crippen molar-refractivity contribution in [3.05, 3.63) is 0 Å². The smallest absolute Gasteiger partial charge is 0.223 e. The lowest BCUT2D eigenvalue weighted by atomic mass is 9.96. The SMILES string of the molecule is C[C@H]1C[C@@H]1C(=O)NC1CCCCCCC1. The quantitative estimate of drug-likeness (QED) is 0.744. The fraction of sp³-hybridized carbons (Fsp3) is 0.923. The van der Waals surface area contributed by atoms with Gasteiger partial charge in [-0.15, -0.1) is 0 Å². The third-order valence-corrected chi connectivity index (χ3v) is 3.90. The van der Waals surface area contributed by atoms with Gasteiger partial charge in [0.2, 0.25) is 5.91 Å². The lowest BCUT2D eigenvalue weighted by Gasteiger charge is -2.21. The summed E-state index contributed by atoms with van der Waals surface area (Å²) in [6.07, 6.45) is 10.2. The first-order chi connectivity index (χ1) is 7.27. The molecule has 2 aliphatic rings. The zero-order chi connectivity index (χ0) is 10.7. The van der Waals surface area contributed by atoms with Gasteiger partial charge in [0.15, 0.2) is 0 Å². The van der Waals surface area contributed by atoms with Crippen molar-refractivity contribution in [1.82, 2.24) is 5.32 Å². The largest absolute Gasteiger partial charge is 0.353 e. The molecule has 0 aliphatic heterocycles. The third kappa shape index (κ3) is 3.22. The minimum Gasteiger partial charge on any atom is -0.353 e. The summed E-state index contributed by atoms with van der Waals surface area (Å²) in [5, 5.41) is 3.24. The summed E-state index contributed by atoms with van der Waals surface area (Å²) >= 11 is 0. The van der Waals surface area contributed by atoms with E-state index in [9.17, 15) is 4.79 Å². The van der Waals surface area contributed by atoms with Crippen LogP contribution >= 0.6 is 0 Å². The molecule has 0 heterocycles. The number of carbonyl (C=O) groups excluding carboxylic acids is 1. The fourth-order valence-electron chi connectivity index (χ4n) is 2.60. The summed E-state index contributed by atoms with van der Waals surface area (Å²) in [7, 11) is 0. The molecule has 2 saturated carbocycles. The van der Waals surface area contributed by atoms with Crippen LogP contribution in [-0.4, -0.2) is 11.9 Å². The zero-order valence-electron chi connectivity index (χ0n) is 9.80. The minimum absolute atomic E-state index is 0.327. The molecule has 0 aromatic carbocycles. The van der Waals surface area contributed by atoms with Gasteiger partial charge in [-0.05, 0) is 25.2 Å². The van der Waals surface area contributed by atoms with Gasteiger partial charge in [-0.25, -0.2) is 0 Å². The lowest BCUT2D eigenvalue weighted by molar-refractivity contribution is -0.123. The molecule has 2 rings (SSSR count). The Hall–Kier alpha value is -0.530. The van der Waals surface area contributed by atoms with Crippen LogP contribution in [0.1, 0.15) is 58.3 Å². The van der Waals surface area contributed by atoms with E-state index >= 15 is 0 Å². The van der Waals surface area contributed by atoms with Gasteiger partial charge in [-0.2, -0.15) is 0 Å². The average Bonchev–Trinajstić information content (AvgIpc) is 2.87. The Bertz CT molecular complexity index is 219. The fourth-order valence-corrected chi connectivity index (χ4v) is 2.60. The van der Waals surface area contributed by atoms with Crippen molar-refractivity contribution in [1.29, 1.82) is 0 Å². The summed E-state index contributed by atoms with van der Waals surface area (Å²) in [5.74, 6) is 1.31. The molecule has 15 heavy (non-hydrogen) atoms. The molecule has 1 N–H and O–H groups in total. The topological polar surface area (TPSA) is 29.1 Å². The minimum atomic E-state index is 0.327. The van der Waals surface area contributed by atoms with Gasteiger partial charge in [0, 0.05) is 12.0 Å². The molecule has 2 nitrogen and oxygen atoms in total. The van der Waals surface area contributed by atoms with Crippen LogP contribution in [0.25, 0.3) is 0 Å². The molecule has 2 fully saturated rings. The van der Waals surface area contributed by atoms with E-state index < -0.39 is 0 Å². The molecule has 1 amide bonds. The van der Waals surface area contributed by atoms with Crippen molar-refractivity contribution in [2.24, 2.45) is 11.8 Å². The van der Waals surface area contributed by atoms with Gasteiger partial charge in [0.1, 0.15) is 0 Å². The van der Waals surface area contributed by atoms with E-state index in [0.717, 1.165) is 6.42 Å². The van der Waals surface area contributed by atoms with Crippen LogP contribution < -0.4 is 5.32 Å². The third-order valence-electron chi connectivity index (χ3n) is 3.90. The summed E-state index contributed by atoms with van der Waals surface area (Å²) in [6, 6.07) is 0.477. The first-order valence-electron chi connectivity index (χ1n) is 6.58. The van der Waals surface area contributed by atoms with Crippen molar-refractivity contribution < 1.29 is 4.79 Å². The molecular formula is C13H23NO.